The highest BCUT2D eigenvalue weighted by Gasteiger charge is 2.48. The van der Waals surface area contributed by atoms with Crippen molar-refractivity contribution in [1.29, 1.82) is 0 Å². The zero-order valence-electron chi connectivity index (χ0n) is 21.7. The van der Waals surface area contributed by atoms with Crippen LogP contribution in [0.3, 0.4) is 0 Å². The molecule has 1 aromatic rings. The number of aliphatic hydroxyl groups excluding tert-OH is 3. The van der Waals surface area contributed by atoms with E-state index in [0.717, 1.165) is 6.42 Å². The molecule has 6 nitrogen and oxygen atoms in total. The van der Waals surface area contributed by atoms with Gasteiger partial charge in [-0.25, -0.2) is 0 Å². The Morgan fingerprint density at radius 1 is 0.853 bits per heavy atom. The zero-order valence-corrected chi connectivity index (χ0v) is 21.7. The number of benzene rings is 1. The van der Waals surface area contributed by atoms with Gasteiger partial charge in [-0.15, -0.1) is 0 Å². The fraction of sp³-hybridized carbons (Fsp3) is 0.786. The van der Waals surface area contributed by atoms with Gasteiger partial charge in [0.25, 0.3) is 0 Å². The Morgan fingerprint density at radius 2 is 1.38 bits per heavy atom. The quantitative estimate of drug-likeness (QED) is 0.569. The minimum absolute atomic E-state index is 0. The molecule has 0 saturated carbocycles. The monoisotopic (exact) mass is 482 g/mol. The van der Waals surface area contributed by atoms with Crippen molar-refractivity contribution in [2.75, 3.05) is 6.61 Å². The average Bonchev–Trinajstić information content (AvgIpc) is 3.23. The van der Waals surface area contributed by atoms with Crippen LogP contribution >= 0.6 is 0 Å². The maximum Gasteiger partial charge on any atom is 0.111 e. The van der Waals surface area contributed by atoms with Crippen LogP contribution in [0.1, 0.15) is 74.8 Å². The van der Waals surface area contributed by atoms with E-state index >= 15 is 0 Å². The molecule has 2 aliphatic rings. The normalized spacial score (nSPS) is 33.7. The molecular formula is C28H50O6. The van der Waals surface area contributed by atoms with Gasteiger partial charge in [0.1, 0.15) is 18.3 Å². The van der Waals surface area contributed by atoms with Gasteiger partial charge in [-0.1, -0.05) is 93.1 Å². The average molecular weight is 483 g/mol. The van der Waals surface area contributed by atoms with E-state index < -0.39 is 24.4 Å². The molecule has 0 spiro atoms. The van der Waals surface area contributed by atoms with Gasteiger partial charge in [0.05, 0.1) is 37.6 Å². The molecule has 2 fully saturated rings. The minimum Gasteiger partial charge on any atom is -0.394 e. The van der Waals surface area contributed by atoms with Crippen LogP contribution in [0.5, 0.6) is 0 Å². The number of rotatable bonds is 5. The van der Waals surface area contributed by atoms with Crippen LogP contribution < -0.4 is 0 Å². The smallest absolute Gasteiger partial charge is 0.111 e. The Balaban J connectivity index is 0.000000360. The van der Waals surface area contributed by atoms with Gasteiger partial charge in [-0.05, 0) is 22.8 Å². The van der Waals surface area contributed by atoms with Gasteiger partial charge in [0.15, 0.2) is 0 Å². The summed E-state index contributed by atoms with van der Waals surface area (Å²) < 4.78 is 17.9. The topological polar surface area (TPSA) is 88.4 Å². The summed E-state index contributed by atoms with van der Waals surface area (Å²) in [6, 6.07) is 10.4. The molecule has 34 heavy (non-hydrogen) atoms. The van der Waals surface area contributed by atoms with Crippen molar-refractivity contribution in [3.05, 3.63) is 35.9 Å². The summed E-state index contributed by atoms with van der Waals surface area (Å²) in [6.07, 6.45) is -1.23. The Kier molecular flexibility index (Phi) is 11.7. The van der Waals surface area contributed by atoms with E-state index in [0.29, 0.717) is 18.6 Å². The van der Waals surface area contributed by atoms with Crippen molar-refractivity contribution >= 4 is 0 Å². The maximum absolute atomic E-state index is 9.61. The number of hydrogen-bond donors (Lipinski definition) is 3. The van der Waals surface area contributed by atoms with Crippen LogP contribution in [0.15, 0.2) is 30.3 Å². The summed E-state index contributed by atoms with van der Waals surface area (Å²) in [6.45, 7) is 17.3. The van der Waals surface area contributed by atoms with Crippen LogP contribution in [0.4, 0.5) is 0 Å². The lowest BCUT2D eigenvalue weighted by atomic mass is 9.83. The minimum atomic E-state index is -0.978. The molecule has 2 saturated heterocycles. The summed E-state index contributed by atoms with van der Waals surface area (Å²) in [5.41, 5.74) is 1.11. The zero-order chi connectivity index (χ0) is 25.0. The van der Waals surface area contributed by atoms with E-state index in [2.05, 4.69) is 58.9 Å². The first-order valence-electron chi connectivity index (χ1n) is 12.2. The summed E-state index contributed by atoms with van der Waals surface area (Å²) in [7, 11) is 0. The molecule has 0 radical (unpaired) electrons. The fourth-order valence-electron chi connectivity index (χ4n) is 4.66. The molecule has 2 heterocycles. The van der Waals surface area contributed by atoms with E-state index in [-0.39, 0.29) is 37.1 Å². The SMILES string of the molecule is C.CC(C)(C)C1OC(CO)C(O)C1O.CCC1OC(C(C)(C)C)C(OCc2ccccc2)C1C. The summed E-state index contributed by atoms with van der Waals surface area (Å²) in [4.78, 5) is 0. The standard InChI is InChI=1S/C18H28O2.C9H18O4.CH4/c1-6-15-13(2)16(17(20-15)18(3,4)5)19-12-14-10-8-7-9-11-14;1-9(2,3)8-7(12)6(11)5(4-10)13-8;/h7-11,13,15-17H,6,12H2,1-5H3;5-8,10-12H,4H2,1-3H3;1H4. The Bertz CT molecular complexity index is 695. The van der Waals surface area contributed by atoms with Gasteiger partial charge < -0.3 is 29.5 Å². The predicted molar refractivity (Wildman–Crippen MR) is 137 cm³/mol. The van der Waals surface area contributed by atoms with Crippen molar-refractivity contribution in [2.24, 2.45) is 16.7 Å². The number of ether oxygens (including phenoxy) is 3. The third kappa shape index (κ3) is 7.74. The molecule has 0 aliphatic carbocycles. The van der Waals surface area contributed by atoms with Crippen LogP contribution in [0.25, 0.3) is 0 Å². The number of hydrogen-bond acceptors (Lipinski definition) is 6. The largest absolute Gasteiger partial charge is 0.394 e. The summed E-state index contributed by atoms with van der Waals surface area (Å²) >= 11 is 0. The van der Waals surface area contributed by atoms with Crippen LogP contribution in [-0.4, -0.2) is 64.7 Å². The second-order valence-corrected chi connectivity index (χ2v) is 11.6. The van der Waals surface area contributed by atoms with Crippen LogP contribution in [0, 0.1) is 16.7 Å². The highest BCUT2D eigenvalue weighted by Crippen LogP contribution is 2.40. The first-order valence-corrected chi connectivity index (χ1v) is 12.2. The molecule has 3 N–H and O–H groups in total. The molecule has 2 aliphatic heterocycles. The molecule has 8 atom stereocenters. The van der Waals surface area contributed by atoms with E-state index in [1.165, 1.54) is 5.56 Å². The summed E-state index contributed by atoms with van der Waals surface area (Å²) in [5.74, 6) is 0.452. The van der Waals surface area contributed by atoms with Crippen molar-refractivity contribution in [1.82, 2.24) is 0 Å². The highest BCUT2D eigenvalue weighted by molar-refractivity contribution is 5.13. The van der Waals surface area contributed by atoms with E-state index in [1.807, 2.05) is 26.8 Å². The molecule has 6 heteroatoms. The van der Waals surface area contributed by atoms with Crippen molar-refractivity contribution in [3.63, 3.8) is 0 Å². The summed E-state index contributed by atoms with van der Waals surface area (Å²) in [5, 5.41) is 27.9. The van der Waals surface area contributed by atoms with Gasteiger partial charge in [0.2, 0.25) is 0 Å². The Labute approximate surface area is 207 Å². The molecule has 0 amide bonds. The van der Waals surface area contributed by atoms with Crippen LogP contribution in [0.2, 0.25) is 0 Å². The first-order chi connectivity index (χ1) is 15.3. The Hall–Kier alpha value is -1.02. The lowest BCUT2D eigenvalue weighted by molar-refractivity contribution is -0.0796. The maximum atomic E-state index is 9.61. The molecule has 0 bridgehead atoms. The van der Waals surface area contributed by atoms with E-state index in [4.69, 9.17) is 19.3 Å². The third-order valence-electron chi connectivity index (χ3n) is 6.66. The van der Waals surface area contributed by atoms with E-state index in [1.54, 1.807) is 0 Å². The van der Waals surface area contributed by atoms with Crippen molar-refractivity contribution < 1.29 is 29.5 Å². The van der Waals surface area contributed by atoms with Gasteiger partial charge >= 0.3 is 0 Å². The van der Waals surface area contributed by atoms with Crippen LogP contribution in [-0.2, 0) is 20.8 Å². The van der Waals surface area contributed by atoms with Crippen molar-refractivity contribution in [2.45, 2.75) is 119 Å². The second kappa shape index (κ2) is 12.8. The second-order valence-electron chi connectivity index (χ2n) is 11.6. The van der Waals surface area contributed by atoms with Crippen molar-refractivity contribution in [3.8, 4) is 0 Å². The molecule has 3 rings (SSSR count). The molecule has 0 aromatic heterocycles. The fourth-order valence-corrected chi connectivity index (χ4v) is 4.66. The first kappa shape index (κ1) is 31.0. The lowest BCUT2D eigenvalue weighted by Crippen LogP contribution is -2.39. The third-order valence-corrected chi connectivity index (χ3v) is 6.66. The van der Waals surface area contributed by atoms with Gasteiger partial charge in [-0.3, -0.25) is 0 Å². The Morgan fingerprint density at radius 3 is 1.79 bits per heavy atom. The predicted octanol–water partition coefficient (Wildman–Crippen LogP) is 4.58. The highest BCUT2D eigenvalue weighted by atomic mass is 16.6. The lowest BCUT2D eigenvalue weighted by Gasteiger charge is -2.32. The number of aliphatic hydroxyl groups is 3. The molecular weight excluding hydrogens is 432 g/mol. The molecule has 198 valence electrons. The molecule has 1 aromatic carbocycles. The molecule has 8 unspecified atom stereocenters. The van der Waals surface area contributed by atoms with E-state index in [9.17, 15) is 10.2 Å². The van der Waals surface area contributed by atoms with Gasteiger partial charge in [-0.2, -0.15) is 0 Å². The van der Waals surface area contributed by atoms with Gasteiger partial charge in [0, 0.05) is 5.92 Å².